The summed E-state index contributed by atoms with van der Waals surface area (Å²) in [5.74, 6) is 1.21. The summed E-state index contributed by atoms with van der Waals surface area (Å²) in [5, 5.41) is 1.40. The van der Waals surface area contributed by atoms with Gasteiger partial charge in [0.2, 0.25) is 0 Å². The number of epoxide rings is 1. The van der Waals surface area contributed by atoms with Crippen LogP contribution in [0.2, 0.25) is 10.0 Å². The largest absolute Gasteiger partial charge is 0.371 e. The second-order valence-electron chi connectivity index (χ2n) is 5.99. The van der Waals surface area contributed by atoms with Gasteiger partial charge in [0.25, 0.3) is 0 Å². The number of rotatable bonds is 1. The second-order valence-corrected chi connectivity index (χ2v) is 6.86. The quantitative estimate of drug-likeness (QED) is 0.745. The maximum absolute atomic E-state index is 6.09. The van der Waals surface area contributed by atoms with E-state index in [1.54, 1.807) is 6.07 Å². The normalized spacial score (nSPS) is 45.5. The Balaban J connectivity index is 1.45. The first-order valence-electron chi connectivity index (χ1n) is 6.73. The SMILES string of the molecule is Clc1cc(Cl)cc(N2CC3C(C2)C2OC3C3OC23)c1. The lowest BCUT2D eigenvalue weighted by Crippen LogP contribution is -2.31. The van der Waals surface area contributed by atoms with E-state index in [4.69, 9.17) is 32.7 Å². The monoisotopic (exact) mass is 297 g/mol. The molecule has 1 aromatic carbocycles. The van der Waals surface area contributed by atoms with Crippen molar-refractivity contribution < 1.29 is 9.47 Å². The Morgan fingerprint density at radius 3 is 1.95 bits per heavy atom. The molecule has 100 valence electrons. The highest BCUT2D eigenvalue weighted by atomic mass is 35.5. The van der Waals surface area contributed by atoms with Crippen molar-refractivity contribution in [3.63, 3.8) is 0 Å². The van der Waals surface area contributed by atoms with Crippen molar-refractivity contribution in [3.8, 4) is 0 Å². The molecule has 0 radical (unpaired) electrons. The molecule has 0 spiro atoms. The number of halogens is 2. The van der Waals surface area contributed by atoms with E-state index in [0.29, 0.717) is 46.3 Å². The molecular weight excluding hydrogens is 285 g/mol. The highest BCUT2D eigenvalue weighted by Gasteiger charge is 2.70. The fourth-order valence-corrected chi connectivity index (χ4v) is 4.69. The third-order valence-electron chi connectivity index (χ3n) is 4.99. The lowest BCUT2D eigenvalue weighted by molar-refractivity contribution is 0.00515. The van der Waals surface area contributed by atoms with E-state index in [2.05, 4.69) is 4.90 Å². The van der Waals surface area contributed by atoms with Gasteiger partial charge in [0.05, 0.1) is 12.2 Å². The van der Waals surface area contributed by atoms with Crippen LogP contribution in [0.1, 0.15) is 0 Å². The zero-order valence-corrected chi connectivity index (χ0v) is 11.6. The summed E-state index contributed by atoms with van der Waals surface area (Å²) in [6.45, 7) is 2.05. The summed E-state index contributed by atoms with van der Waals surface area (Å²) in [7, 11) is 0. The molecule has 0 saturated carbocycles. The van der Waals surface area contributed by atoms with Crippen molar-refractivity contribution in [2.24, 2.45) is 11.8 Å². The van der Waals surface area contributed by atoms with Gasteiger partial charge in [-0.25, -0.2) is 0 Å². The third-order valence-corrected chi connectivity index (χ3v) is 5.43. The van der Waals surface area contributed by atoms with Crippen molar-refractivity contribution in [1.29, 1.82) is 0 Å². The lowest BCUT2D eigenvalue weighted by atomic mass is 9.82. The molecule has 1 aromatic rings. The van der Waals surface area contributed by atoms with E-state index in [-0.39, 0.29) is 0 Å². The standard InChI is InChI=1S/C14H13Cl2NO2/c15-6-1-7(16)3-8(2-6)17-4-9-10(5-17)12-14-13(19-14)11(9)18-12/h1-3,9-14H,4-5H2. The highest BCUT2D eigenvalue weighted by molar-refractivity contribution is 6.35. The molecule has 0 aromatic heterocycles. The van der Waals surface area contributed by atoms with Crippen LogP contribution in [0.4, 0.5) is 5.69 Å². The summed E-state index contributed by atoms with van der Waals surface area (Å²) in [5.41, 5.74) is 1.13. The van der Waals surface area contributed by atoms with Gasteiger partial charge in [-0.3, -0.25) is 0 Å². The maximum atomic E-state index is 6.09. The van der Waals surface area contributed by atoms with Gasteiger partial charge in [-0.1, -0.05) is 23.2 Å². The summed E-state index contributed by atoms with van der Waals surface area (Å²) < 4.78 is 11.7. The zero-order chi connectivity index (χ0) is 12.7. The summed E-state index contributed by atoms with van der Waals surface area (Å²) in [4.78, 5) is 2.39. The molecule has 4 aliphatic rings. The molecule has 5 heteroatoms. The van der Waals surface area contributed by atoms with Crippen LogP contribution in [0.5, 0.6) is 0 Å². The Labute approximate surface area is 121 Å². The molecule has 19 heavy (non-hydrogen) atoms. The van der Waals surface area contributed by atoms with E-state index in [0.717, 1.165) is 18.8 Å². The number of hydrogen-bond acceptors (Lipinski definition) is 3. The van der Waals surface area contributed by atoms with Crippen molar-refractivity contribution in [3.05, 3.63) is 28.2 Å². The number of benzene rings is 1. The number of ether oxygens (including phenoxy) is 2. The van der Waals surface area contributed by atoms with Gasteiger partial charge in [-0.2, -0.15) is 0 Å². The molecule has 4 saturated heterocycles. The van der Waals surface area contributed by atoms with Crippen LogP contribution in [0.25, 0.3) is 0 Å². The van der Waals surface area contributed by atoms with E-state index in [1.165, 1.54) is 0 Å². The molecule has 2 bridgehead atoms. The number of anilines is 1. The molecule has 4 fully saturated rings. The van der Waals surface area contributed by atoms with Crippen LogP contribution >= 0.6 is 23.2 Å². The van der Waals surface area contributed by atoms with Crippen molar-refractivity contribution in [2.75, 3.05) is 18.0 Å². The fraction of sp³-hybridized carbons (Fsp3) is 0.571. The Morgan fingerprint density at radius 2 is 1.37 bits per heavy atom. The van der Waals surface area contributed by atoms with Gasteiger partial charge in [0.1, 0.15) is 12.2 Å². The highest BCUT2D eigenvalue weighted by Crippen LogP contribution is 2.56. The average Bonchev–Trinajstić information content (AvgIpc) is 2.79. The van der Waals surface area contributed by atoms with Gasteiger partial charge in [0, 0.05) is 40.7 Å². The van der Waals surface area contributed by atoms with Crippen LogP contribution in [-0.4, -0.2) is 37.5 Å². The van der Waals surface area contributed by atoms with Gasteiger partial charge >= 0.3 is 0 Å². The summed E-state index contributed by atoms with van der Waals surface area (Å²) in [6, 6.07) is 5.77. The van der Waals surface area contributed by atoms with Crippen molar-refractivity contribution in [2.45, 2.75) is 24.4 Å². The Hall–Kier alpha value is -0.480. The molecule has 6 unspecified atom stereocenters. The minimum Gasteiger partial charge on any atom is -0.371 e. The predicted molar refractivity (Wildman–Crippen MR) is 73.0 cm³/mol. The predicted octanol–water partition coefficient (Wildman–Crippen LogP) is 2.59. The minimum absolute atomic E-state index is 0.319. The summed E-state index contributed by atoms with van der Waals surface area (Å²) >= 11 is 12.2. The Kier molecular flexibility index (Phi) is 2.12. The van der Waals surface area contributed by atoms with Crippen LogP contribution < -0.4 is 4.90 Å². The first-order valence-corrected chi connectivity index (χ1v) is 7.48. The Bertz CT molecular complexity index is 524. The maximum Gasteiger partial charge on any atom is 0.113 e. The molecule has 4 aliphatic heterocycles. The molecule has 5 rings (SSSR count). The molecule has 0 N–H and O–H groups in total. The van der Waals surface area contributed by atoms with Gasteiger partial charge < -0.3 is 14.4 Å². The third kappa shape index (κ3) is 1.47. The van der Waals surface area contributed by atoms with Crippen LogP contribution in [0, 0.1) is 11.8 Å². The lowest BCUT2D eigenvalue weighted by Gasteiger charge is -2.22. The number of fused-ring (bicyclic) bond motifs is 8. The molecule has 0 amide bonds. The van der Waals surface area contributed by atoms with Crippen LogP contribution in [0.15, 0.2) is 18.2 Å². The molecule has 6 atom stereocenters. The Morgan fingerprint density at radius 1 is 0.842 bits per heavy atom. The first kappa shape index (κ1) is 11.2. The number of hydrogen-bond donors (Lipinski definition) is 0. The van der Waals surface area contributed by atoms with Gasteiger partial charge in [-0.15, -0.1) is 0 Å². The van der Waals surface area contributed by atoms with Crippen molar-refractivity contribution in [1.82, 2.24) is 0 Å². The smallest absolute Gasteiger partial charge is 0.113 e. The van der Waals surface area contributed by atoms with Gasteiger partial charge in [0.15, 0.2) is 0 Å². The van der Waals surface area contributed by atoms with E-state index < -0.39 is 0 Å². The van der Waals surface area contributed by atoms with E-state index in [9.17, 15) is 0 Å². The van der Waals surface area contributed by atoms with Gasteiger partial charge in [-0.05, 0) is 18.2 Å². The number of nitrogens with zero attached hydrogens (tertiary/aromatic N) is 1. The first-order chi connectivity index (χ1) is 9.20. The van der Waals surface area contributed by atoms with Crippen LogP contribution in [-0.2, 0) is 9.47 Å². The van der Waals surface area contributed by atoms with E-state index >= 15 is 0 Å². The second kappa shape index (κ2) is 3.59. The van der Waals surface area contributed by atoms with E-state index in [1.807, 2.05) is 12.1 Å². The van der Waals surface area contributed by atoms with Crippen LogP contribution in [0.3, 0.4) is 0 Å². The minimum atomic E-state index is 0.319. The summed E-state index contributed by atoms with van der Waals surface area (Å²) in [6.07, 6.45) is 1.41. The molecule has 3 nitrogen and oxygen atoms in total. The molecular formula is C14H13Cl2NO2. The zero-order valence-electron chi connectivity index (χ0n) is 10.1. The molecule has 0 aliphatic carbocycles. The average molecular weight is 298 g/mol. The molecule has 4 heterocycles. The fourth-order valence-electron chi connectivity index (χ4n) is 4.17. The topological polar surface area (TPSA) is 25.0 Å². The van der Waals surface area contributed by atoms with Crippen molar-refractivity contribution >= 4 is 28.9 Å².